The van der Waals surface area contributed by atoms with Crippen molar-refractivity contribution >= 4 is 34.8 Å². The van der Waals surface area contributed by atoms with Crippen molar-refractivity contribution in [3.63, 3.8) is 0 Å². The third-order valence-electron chi connectivity index (χ3n) is 10.9. The smallest absolute Gasteiger partial charge is 0.303 e. The van der Waals surface area contributed by atoms with Gasteiger partial charge in [0.2, 0.25) is 5.91 Å². The normalized spacial score (nSPS) is 13.9. The van der Waals surface area contributed by atoms with Gasteiger partial charge in [-0.25, -0.2) is 8.78 Å². The topological polar surface area (TPSA) is 206 Å². The Bertz CT molecular complexity index is 2230. The molecule has 0 unspecified atom stereocenters. The van der Waals surface area contributed by atoms with Crippen molar-refractivity contribution in [2.24, 2.45) is 0 Å². The molecule has 2 fully saturated rings. The van der Waals surface area contributed by atoms with Crippen molar-refractivity contribution in [1.82, 2.24) is 20.0 Å². The summed E-state index contributed by atoms with van der Waals surface area (Å²) in [7, 11) is 1.48. The molecular formula is C47H56F2N6O10. The van der Waals surface area contributed by atoms with Crippen LogP contribution in [0.1, 0.15) is 82.9 Å². The molecular weight excluding hydrogens is 847 g/mol. The van der Waals surface area contributed by atoms with E-state index in [1.165, 1.54) is 55.6 Å². The summed E-state index contributed by atoms with van der Waals surface area (Å²) < 4.78 is 32.3. The first-order valence-corrected chi connectivity index (χ1v) is 21.5. The van der Waals surface area contributed by atoms with Crippen molar-refractivity contribution in [2.75, 3.05) is 59.5 Å². The number of amides is 1. The van der Waals surface area contributed by atoms with Crippen LogP contribution in [0.25, 0.3) is 0 Å². The highest BCUT2D eigenvalue weighted by molar-refractivity contribution is 5.97. The number of methoxy groups -OCH3 is 1. The van der Waals surface area contributed by atoms with E-state index in [1.54, 1.807) is 18.2 Å². The Labute approximate surface area is 376 Å². The molecule has 0 saturated carbocycles. The SMILES string of the molecule is CCc1ccc(CN2CCN(C(=O)CCCC(=O)c3ccc([N+](=O)[O-])cc3)CC2)cc1F.COc1ccc(CN2CCNCC2)cc1F.O=C(O)CCCC(=O)c1ccc([N+](=O)[O-])cc1. The number of hydrogen-bond acceptors (Lipinski definition) is 12. The number of nitrogens with zero attached hydrogens (tertiary/aromatic N) is 5. The van der Waals surface area contributed by atoms with Gasteiger partial charge in [0.05, 0.1) is 17.0 Å². The Morgan fingerprint density at radius 1 is 0.662 bits per heavy atom. The molecule has 18 heteroatoms. The third kappa shape index (κ3) is 17.2. The molecule has 2 saturated heterocycles. The second-order valence-electron chi connectivity index (χ2n) is 15.5. The number of piperazine rings is 2. The van der Waals surface area contributed by atoms with Crippen LogP contribution in [0.5, 0.6) is 5.75 Å². The monoisotopic (exact) mass is 902 g/mol. The highest BCUT2D eigenvalue weighted by Gasteiger charge is 2.22. The zero-order valence-corrected chi connectivity index (χ0v) is 36.7. The number of nitro groups is 2. The first kappa shape index (κ1) is 51.1. The van der Waals surface area contributed by atoms with Crippen LogP contribution in [-0.4, -0.2) is 113 Å². The predicted octanol–water partition coefficient (Wildman–Crippen LogP) is 7.27. The Hall–Kier alpha value is -6.50. The molecule has 16 nitrogen and oxygen atoms in total. The fourth-order valence-electron chi connectivity index (χ4n) is 7.11. The van der Waals surface area contributed by atoms with E-state index in [4.69, 9.17) is 9.84 Å². The van der Waals surface area contributed by atoms with E-state index in [-0.39, 0.29) is 66.2 Å². The Morgan fingerprint density at radius 3 is 1.58 bits per heavy atom. The van der Waals surface area contributed by atoms with Crippen LogP contribution in [-0.2, 0) is 29.1 Å². The summed E-state index contributed by atoms with van der Waals surface area (Å²) >= 11 is 0. The lowest BCUT2D eigenvalue weighted by Gasteiger charge is -2.35. The van der Waals surface area contributed by atoms with E-state index in [9.17, 15) is 48.2 Å². The van der Waals surface area contributed by atoms with E-state index >= 15 is 0 Å². The van der Waals surface area contributed by atoms with Gasteiger partial charge >= 0.3 is 5.97 Å². The Morgan fingerprint density at radius 2 is 1.14 bits per heavy atom. The fourth-order valence-corrected chi connectivity index (χ4v) is 7.11. The number of carbonyl (C=O) groups is 4. The number of hydrogen-bond donors (Lipinski definition) is 2. The number of carbonyl (C=O) groups excluding carboxylic acids is 3. The van der Waals surface area contributed by atoms with Gasteiger partial charge in [0.1, 0.15) is 5.82 Å². The molecule has 0 bridgehead atoms. The zero-order chi connectivity index (χ0) is 47.3. The Kier molecular flexibility index (Phi) is 20.7. The number of halogens is 2. The maximum absolute atomic E-state index is 14.0. The van der Waals surface area contributed by atoms with Gasteiger partial charge in [0, 0.05) is 127 Å². The number of rotatable bonds is 18. The van der Waals surface area contributed by atoms with Gasteiger partial charge in [-0.1, -0.05) is 25.1 Å². The molecule has 348 valence electrons. The third-order valence-corrected chi connectivity index (χ3v) is 10.9. The average Bonchev–Trinajstić information content (AvgIpc) is 3.30. The second-order valence-corrected chi connectivity index (χ2v) is 15.5. The molecule has 2 aliphatic rings. The second kappa shape index (κ2) is 26.3. The molecule has 0 spiro atoms. The molecule has 6 rings (SSSR count). The molecule has 4 aromatic rings. The molecule has 2 heterocycles. The molecule has 4 aromatic carbocycles. The minimum absolute atomic E-state index is 0.0273. The quantitative estimate of drug-likeness (QED) is 0.0574. The van der Waals surface area contributed by atoms with Crippen molar-refractivity contribution in [3.8, 4) is 5.75 Å². The number of carboxylic acid groups (broad SMARTS) is 1. The van der Waals surface area contributed by atoms with Gasteiger partial charge in [0.15, 0.2) is 23.1 Å². The minimum Gasteiger partial charge on any atom is -0.494 e. The number of Topliss-reactive ketones (excluding diaryl/α,β-unsaturated/α-hetero) is 2. The van der Waals surface area contributed by atoms with Crippen molar-refractivity contribution in [1.29, 1.82) is 0 Å². The number of non-ortho nitro benzene ring substituents is 2. The summed E-state index contributed by atoms with van der Waals surface area (Å²) in [4.78, 5) is 72.9. The first-order valence-electron chi connectivity index (χ1n) is 21.5. The first-order chi connectivity index (χ1) is 31.2. The predicted molar refractivity (Wildman–Crippen MR) is 239 cm³/mol. The van der Waals surface area contributed by atoms with Crippen LogP contribution >= 0.6 is 0 Å². The Balaban J connectivity index is 0.000000235. The molecule has 0 radical (unpaired) electrons. The lowest BCUT2D eigenvalue weighted by atomic mass is 10.0. The standard InChI is InChI=1S/C24H28FN3O4.C12H17FN2O.C11H11NO5/c1-2-19-7-6-18(16-22(19)25)17-26-12-14-27(15-13-26)24(30)5-3-4-23(29)20-8-10-21(11-9-20)28(31)32;1-16-12-3-2-10(8-11(12)13)9-15-6-4-14-5-7-15;13-10(2-1-3-11(14)15)8-4-6-9(7-5-8)12(16)17/h6-11,16H,2-5,12-15,17H2,1H3;2-3,8,14H,4-7,9H2,1H3;4-7H,1-3H2,(H,14,15). The van der Waals surface area contributed by atoms with E-state index in [2.05, 4.69) is 15.1 Å². The van der Waals surface area contributed by atoms with Gasteiger partial charge in [-0.3, -0.25) is 49.2 Å². The van der Waals surface area contributed by atoms with Crippen molar-refractivity contribution in [2.45, 2.75) is 65.0 Å². The maximum Gasteiger partial charge on any atom is 0.303 e. The van der Waals surface area contributed by atoms with Gasteiger partial charge in [-0.15, -0.1) is 0 Å². The number of aliphatic carboxylic acids is 1. The summed E-state index contributed by atoms with van der Waals surface area (Å²) in [5.74, 6) is -1.39. The van der Waals surface area contributed by atoms with Crippen LogP contribution in [0.4, 0.5) is 20.2 Å². The lowest BCUT2D eigenvalue weighted by Crippen LogP contribution is -2.48. The largest absolute Gasteiger partial charge is 0.494 e. The number of aryl methyl sites for hydroxylation is 1. The van der Waals surface area contributed by atoms with E-state index in [0.717, 1.165) is 62.5 Å². The highest BCUT2D eigenvalue weighted by atomic mass is 19.1. The van der Waals surface area contributed by atoms with Crippen LogP contribution in [0, 0.1) is 31.9 Å². The molecule has 2 aliphatic heterocycles. The lowest BCUT2D eigenvalue weighted by molar-refractivity contribution is -0.385. The highest BCUT2D eigenvalue weighted by Crippen LogP contribution is 2.20. The molecule has 2 N–H and O–H groups in total. The summed E-state index contributed by atoms with van der Waals surface area (Å²) in [6, 6.07) is 21.3. The van der Waals surface area contributed by atoms with E-state index < -0.39 is 15.8 Å². The van der Waals surface area contributed by atoms with Crippen molar-refractivity contribution < 1.29 is 47.6 Å². The molecule has 65 heavy (non-hydrogen) atoms. The van der Waals surface area contributed by atoms with E-state index in [1.807, 2.05) is 30.0 Å². The van der Waals surface area contributed by atoms with Crippen LogP contribution in [0.3, 0.4) is 0 Å². The van der Waals surface area contributed by atoms with Crippen LogP contribution in [0.2, 0.25) is 0 Å². The van der Waals surface area contributed by atoms with Crippen LogP contribution < -0.4 is 10.1 Å². The zero-order valence-electron chi connectivity index (χ0n) is 36.7. The number of nitrogens with one attached hydrogen (secondary N) is 1. The summed E-state index contributed by atoms with van der Waals surface area (Å²) in [5.41, 5.74) is 3.30. The number of nitro benzene ring substituents is 2. The molecule has 0 atom stereocenters. The molecule has 0 aromatic heterocycles. The number of ether oxygens (including phenoxy) is 1. The van der Waals surface area contributed by atoms with Gasteiger partial charge in [-0.05, 0) is 78.4 Å². The van der Waals surface area contributed by atoms with Crippen molar-refractivity contribution in [3.05, 3.63) is 145 Å². The molecule has 0 aliphatic carbocycles. The van der Waals surface area contributed by atoms with Gasteiger partial charge < -0.3 is 20.1 Å². The number of ketones is 2. The molecule has 1 amide bonds. The summed E-state index contributed by atoms with van der Waals surface area (Å²) in [5, 5.41) is 32.8. The number of carboxylic acids is 1. The summed E-state index contributed by atoms with van der Waals surface area (Å²) in [6.45, 7) is 10.2. The van der Waals surface area contributed by atoms with Gasteiger partial charge in [0.25, 0.3) is 11.4 Å². The van der Waals surface area contributed by atoms with Gasteiger partial charge in [-0.2, -0.15) is 0 Å². The maximum atomic E-state index is 14.0. The number of benzene rings is 4. The van der Waals surface area contributed by atoms with Crippen LogP contribution in [0.15, 0.2) is 84.9 Å². The summed E-state index contributed by atoms with van der Waals surface area (Å²) in [6.07, 6.45) is 1.98. The minimum atomic E-state index is -0.943. The average molecular weight is 903 g/mol. The van der Waals surface area contributed by atoms with E-state index in [0.29, 0.717) is 55.8 Å². The fraction of sp³-hybridized carbons (Fsp3) is 0.404.